The van der Waals surface area contributed by atoms with Gasteiger partial charge in [0.1, 0.15) is 5.75 Å². The molecule has 0 N–H and O–H groups in total. The van der Waals surface area contributed by atoms with E-state index in [4.69, 9.17) is 10.00 Å². The number of amides is 1. The molecule has 1 fully saturated rings. The van der Waals surface area contributed by atoms with Crippen LogP contribution in [0.5, 0.6) is 5.75 Å². The van der Waals surface area contributed by atoms with E-state index in [1.165, 1.54) is 6.07 Å². The number of hydrogen-bond acceptors (Lipinski definition) is 4. The van der Waals surface area contributed by atoms with Crippen molar-refractivity contribution in [2.24, 2.45) is 0 Å². The molecular formula is C21H21F2N3O2. The number of benzene rings is 2. The fourth-order valence-corrected chi connectivity index (χ4v) is 3.13. The predicted molar refractivity (Wildman–Crippen MR) is 99.5 cm³/mol. The molecule has 0 spiro atoms. The molecule has 0 aliphatic carbocycles. The number of nitrogens with zero attached hydrogens (tertiary/aromatic N) is 3. The molecule has 0 radical (unpaired) electrons. The number of carbonyl (C=O) groups is 1. The highest BCUT2D eigenvalue weighted by molar-refractivity contribution is 5.81. The fraction of sp³-hybridized carbons (Fsp3) is 0.333. The van der Waals surface area contributed by atoms with Crippen LogP contribution in [0, 0.1) is 23.0 Å². The Hall–Kier alpha value is -2.98. The Morgan fingerprint density at radius 3 is 2.39 bits per heavy atom. The van der Waals surface area contributed by atoms with Crippen LogP contribution in [0.4, 0.5) is 8.78 Å². The van der Waals surface area contributed by atoms with E-state index in [1.807, 2.05) is 12.1 Å². The molecule has 0 saturated carbocycles. The Balaban J connectivity index is 1.49. The Bertz CT molecular complexity index is 872. The Morgan fingerprint density at radius 2 is 1.79 bits per heavy atom. The molecule has 1 aliphatic rings. The van der Waals surface area contributed by atoms with E-state index in [0.717, 1.165) is 37.3 Å². The van der Waals surface area contributed by atoms with Crippen molar-refractivity contribution in [3.8, 4) is 11.8 Å². The van der Waals surface area contributed by atoms with Gasteiger partial charge >= 0.3 is 0 Å². The van der Waals surface area contributed by atoms with Gasteiger partial charge in [-0.15, -0.1) is 0 Å². The van der Waals surface area contributed by atoms with Crippen molar-refractivity contribution in [3.63, 3.8) is 0 Å². The van der Waals surface area contributed by atoms with Crippen LogP contribution >= 0.6 is 0 Å². The molecule has 1 aliphatic heterocycles. The van der Waals surface area contributed by atoms with Crippen molar-refractivity contribution < 1.29 is 18.3 Å². The van der Waals surface area contributed by atoms with E-state index in [0.29, 0.717) is 18.7 Å². The summed E-state index contributed by atoms with van der Waals surface area (Å²) in [6.07, 6.45) is -0.782. The van der Waals surface area contributed by atoms with Gasteiger partial charge in [-0.1, -0.05) is 12.1 Å². The summed E-state index contributed by atoms with van der Waals surface area (Å²) >= 11 is 0. The summed E-state index contributed by atoms with van der Waals surface area (Å²) in [5.74, 6) is -2.01. The maximum atomic E-state index is 13.3. The minimum absolute atomic E-state index is 0.124. The van der Waals surface area contributed by atoms with Crippen LogP contribution in [0.3, 0.4) is 0 Å². The highest BCUT2D eigenvalue weighted by atomic mass is 19.2. The van der Waals surface area contributed by atoms with Crippen molar-refractivity contribution >= 4 is 5.91 Å². The first-order chi connectivity index (χ1) is 13.5. The van der Waals surface area contributed by atoms with Gasteiger partial charge in [-0.3, -0.25) is 9.69 Å². The minimum Gasteiger partial charge on any atom is -0.481 e. The summed E-state index contributed by atoms with van der Waals surface area (Å²) in [5.41, 5.74) is 1.75. The first kappa shape index (κ1) is 19.8. The van der Waals surface area contributed by atoms with Gasteiger partial charge in [0.25, 0.3) is 5.91 Å². The van der Waals surface area contributed by atoms with Gasteiger partial charge in [0.05, 0.1) is 11.6 Å². The largest absolute Gasteiger partial charge is 0.481 e. The molecule has 0 bridgehead atoms. The third kappa shape index (κ3) is 4.84. The molecular weight excluding hydrogens is 364 g/mol. The summed E-state index contributed by atoms with van der Waals surface area (Å²) in [7, 11) is 0. The van der Waals surface area contributed by atoms with Crippen molar-refractivity contribution in [2.45, 2.75) is 19.6 Å². The zero-order valence-corrected chi connectivity index (χ0v) is 15.6. The number of nitriles is 1. The van der Waals surface area contributed by atoms with Crippen LogP contribution in [-0.4, -0.2) is 48.0 Å². The molecule has 3 rings (SSSR count). The number of halogens is 2. The van der Waals surface area contributed by atoms with E-state index in [9.17, 15) is 13.6 Å². The van der Waals surface area contributed by atoms with Crippen molar-refractivity contribution in [3.05, 3.63) is 65.2 Å². The van der Waals surface area contributed by atoms with E-state index in [1.54, 1.807) is 24.0 Å². The maximum absolute atomic E-state index is 13.3. The summed E-state index contributed by atoms with van der Waals surface area (Å²) in [6.45, 7) is 4.95. The lowest BCUT2D eigenvalue weighted by molar-refractivity contribution is -0.139. The zero-order valence-electron chi connectivity index (χ0n) is 15.6. The molecule has 1 unspecified atom stereocenters. The summed E-state index contributed by atoms with van der Waals surface area (Å²) in [6, 6.07) is 12.8. The van der Waals surface area contributed by atoms with Crippen molar-refractivity contribution in [1.82, 2.24) is 9.80 Å². The number of piperazine rings is 1. The second-order valence-electron chi connectivity index (χ2n) is 6.75. The highest BCUT2D eigenvalue weighted by Gasteiger charge is 2.26. The van der Waals surface area contributed by atoms with Gasteiger partial charge in [-0.25, -0.2) is 8.78 Å². The molecule has 28 heavy (non-hydrogen) atoms. The number of rotatable bonds is 5. The van der Waals surface area contributed by atoms with Crippen LogP contribution in [0.1, 0.15) is 18.1 Å². The third-order valence-corrected chi connectivity index (χ3v) is 4.72. The lowest BCUT2D eigenvalue weighted by atomic mass is 10.1. The molecule has 146 valence electrons. The van der Waals surface area contributed by atoms with E-state index in [-0.39, 0.29) is 11.7 Å². The molecule has 2 aromatic carbocycles. The van der Waals surface area contributed by atoms with E-state index in [2.05, 4.69) is 11.0 Å². The van der Waals surface area contributed by atoms with Gasteiger partial charge in [0.15, 0.2) is 17.7 Å². The SMILES string of the molecule is CC(Oc1ccc(F)c(F)c1)C(=O)N1CCN(Cc2ccc(C#N)cc2)CC1. The highest BCUT2D eigenvalue weighted by Crippen LogP contribution is 2.18. The van der Waals surface area contributed by atoms with Gasteiger partial charge in [0.2, 0.25) is 0 Å². The number of carbonyl (C=O) groups excluding carboxylic acids is 1. The Morgan fingerprint density at radius 1 is 1.11 bits per heavy atom. The maximum Gasteiger partial charge on any atom is 0.263 e. The topological polar surface area (TPSA) is 56.6 Å². The molecule has 0 aromatic heterocycles. The van der Waals surface area contributed by atoms with Crippen LogP contribution < -0.4 is 4.74 Å². The lowest BCUT2D eigenvalue weighted by Crippen LogP contribution is -2.51. The van der Waals surface area contributed by atoms with E-state index < -0.39 is 17.7 Å². The Kier molecular flexibility index (Phi) is 6.22. The summed E-state index contributed by atoms with van der Waals surface area (Å²) in [5, 5.41) is 8.85. The van der Waals surface area contributed by atoms with Crippen LogP contribution in [0.15, 0.2) is 42.5 Å². The molecule has 5 nitrogen and oxygen atoms in total. The number of hydrogen-bond donors (Lipinski definition) is 0. The molecule has 7 heteroatoms. The van der Waals surface area contributed by atoms with Crippen molar-refractivity contribution in [1.29, 1.82) is 5.26 Å². The molecule has 2 aromatic rings. The summed E-state index contributed by atoms with van der Waals surface area (Å²) in [4.78, 5) is 16.5. The predicted octanol–water partition coefficient (Wildman–Crippen LogP) is 2.95. The standard InChI is InChI=1S/C21H21F2N3O2/c1-15(28-18-6-7-19(22)20(23)12-18)21(27)26-10-8-25(9-11-26)14-17-4-2-16(13-24)3-5-17/h2-7,12,15H,8-11,14H2,1H3. The second kappa shape index (κ2) is 8.81. The van der Waals surface area contributed by atoms with Crippen LogP contribution in [-0.2, 0) is 11.3 Å². The third-order valence-electron chi connectivity index (χ3n) is 4.72. The molecule has 1 saturated heterocycles. The van der Waals surface area contributed by atoms with Crippen LogP contribution in [0.2, 0.25) is 0 Å². The Labute approximate surface area is 162 Å². The quantitative estimate of drug-likeness (QED) is 0.794. The van der Waals surface area contributed by atoms with Crippen LogP contribution in [0.25, 0.3) is 0 Å². The van der Waals surface area contributed by atoms with E-state index >= 15 is 0 Å². The average molecular weight is 385 g/mol. The van der Waals surface area contributed by atoms with Gasteiger partial charge in [0, 0.05) is 38.8 Å². The number of ether oxygens (including phenoxy) is 1. The smallest absolute Gasteiger partial charge is 0.263 e. The molecule has 1 amide bonds. The first-order valence-corrected chi connectivity index (χ1v) is 9.08. The lowest BCUT2D eigenvalue weighted by Gasteiger charge is -2.35. The minimum atomic E-state index is -1.01. The normalized spacial score (nSPS) is 15.7. The summed E-state index contributed by atoms with van der Waals surface area (Å²) < 4.78 is 31.7. The van der Waals surface area contributed by atoms with Gasteiger partial charge < -0.3 is 9.64 Å². The molecule has 1 atom stereocenters. The monoisotopic (exact) mass is 385 g/mol. The van der Waals surface area contributed by atoms with Gasteiger partial charge in [-0.05, 0) is 36.8 Å². The molecule has 1 heterocycles. The van der Waals surface area contributed by atoms with Gasteiger partial charge in [-0.2, -0.15) is 5.26 Å². The fourth-order valence-electron chi connectivity index (χ4n) is 3.13. The van der Waals surface area contributed by atoms with Crippen molar-refractivity contribution in [2.75, 3.05) is 26.2 Å². The average Bonchev–Trinajstić information content (AvgIpc) is 2.71. The first-order valence-electron chi connectivity index (χ1n) is 9.08. The second-order valence-corrected chi connectivity index (χ2v) is 6.75. The zero-order chi connectivity index (χ0) is 20.1.